The van der Waals surface area contributed by atoms with Crippen molar-refractivity contribution in [1.82, 2.24) is 10.0 Å². The summed E-state index contributed by atoms with van der Waals surface area (Å²) in [5.41, 5.74) is 5.77. The van der Waals surface area contributed by atoms with E-state index in [0.717, 1.165) is 6.26 Å². The molecule has 0 fully saturated rings. The van der Waals surface area contributed by atoms with Crippen molar-refractivity contribution < 1.29 is 13.2 Å². The maximum absolute atomic E-state index is 11.9. The highest BCUT2D eigenvalue weighted by molar-refractivity contribution is 7.88. The van der Waals surface area contributed by atoms with Crippen molar-refractivity contribution in [3.05, 3.63) is 35.9 Å². The van der Waals surface area contributed by atoms with Crippen molar-refractivity contribution in [2.75, 3.05) is 12.8 Å². The standard InChI is InChI=1S/C13H21N3O3S/c1-13(2,16-20(3,18)19)9-15-12(17)11(14)10-7-5-4-6-8-10/h4-8,11,16H,9,14H2,1-3H3,(H,15,17). The highest BCUT2D eigenvalue weighted by atomic mass is 32.2. The van der Waals surface area contributed by atoms with Gasteiger partial charge in [-0.05, 0) is 19.4 Å². The van der Waals surface area contributed by atoms with Gasteiger partial charge in [0.15, 0.2) is 0 Å². The van der Waals surface area contributed by atoms with E-state index in [1.165, 1.54) is 0 Å². The summed E-state index contributed by atoms with van der Waals surface area (Å²) in [6.07, 6.45) is 1.08. The topological polar surface area (TPSA) is 101 Å². The first kappa shape index (κ1) is 16.6. The fourth-order valence-corrected chi connectivity index (χ4v) is 2.84. The third kappa shape index (κ3) is 5.68. The second-order valence-corrected chi connectivity index (χ2v) is 7.11. The molecule has 0 aliphatic rings. The van der Waals surface area contributed by atoms with E-state index in [2.05, 4.69) is 10.0 Å². The molecule has 1 atom stereocenters. The van der Waals surface area contributed by atoms with E-state index < -0.39 is 21.6 Å². The molecule has 7 heteroatoms. The van der Waals surface area contributed by atoms with Gasteiger partial charge in [-0.25, -0.2) is 13.1 Å². The van der Waals surface area contributed by atoms with Gasteiger partial charge in [0.05, 0.1) is 6.26 Å². The number of benzene rings is 1. The zero-order chi connectivity index (χ0) is 15.4. The minimum absolute atomic E-state index is 0.152. The Balaban J connectivity index is 2.59. The molecule has 20 heavy (non-hydrogen) atoms. The summed E-state index contributed by atoms with van der Waals surface area (Å²) < 4.78 is 24.8. The van der Waals surface area contributed by atoms with E-state index in [0.29, 0.717) is 5.56 Å². The van der Waals surface area contributed by atoms with Gasteiger partial charge in [-0.1, -0.05) is 30.3 Å². The van der Waals surface area contributed by atoms with Gasteiger partial charge in [-0.2, -0.15) is 0 Å². The Morgan fingerprint density at radius 1 is 1.30 bits per heavy atom. The average Bonchev–Trinajstić information content (AvgIpc) is 2.33. The summed E-state index contributed by atoms with van der Waals surface area (Å²) in [7, 11) is -3.33. The SMILES string of the molecule is CC(C)(CNC(=O)C(N)c1ccccc1)NS(C)(=O)=O. The number of hydrogen-bond donors (Lipinski definition) is 3. The van der Waals surface area contributed by atoms with E-state index in [1.807, 2.05) is 6.07 Å². The van der Waals surface area contributed by atoms with Crippen LogP contribution in [0.2, 0.25) is 0 Å². The zero-order valence-electron chi connectivity index (χ0n) is 11.9. The molecular weight excluding hydrogens is 278 g/mol. The first-order valence-corrected chi connectivity index (χ1v) is 8.07. The Kier molecular flexibility index (Phi) is 5.27. The monoisotopic (exact) mass is 299 g/mol. The molecule has 1 aromatic carbocycles. The highest BCUT2D eigenvalue weighted by Gasteiger charge is 2.24. The van der Waals surface area contributed by atoms with Crippen LogP contribution in [0.5, 0.6) is 0 Å². The molecule has 0 radical (unpaired) electrons. The van der Waals surface area contributed by atoms with Crippen molar-refractivity contribution in [3.63, 3.8) is 0 Å². The molecule has 0 aliphatic carbocycles. The molecule has 112 valence electrons. The van der Waals surface area contributed by atoms with E-state index in [-0.39, 0.29) is 12.5 Å². The smallest absolute Gasteiger partial charge is 0.241 e. The number of nitrogens with two attached hydrogens (primary N) is 1. The molecule has 6 nitrogen and oxygen atoms in total. The van der Waals surface area contributed by atoms with Gasteiger partial charge in [0, 0.05) is 12.1 Å². The number of carbonyl (C=O) groups excluding carboxylic acids is 1. The Bertz CT molecular complexity index is 555. The summed E-state index contributed by atoms with van der Waals surface area (Å²) >= 11 is 0. The molecule has 1 aromatic rings. The molecule has 1 amide bonds. The fourth-order valence-electron chi connectivity index (χ4n) is 1.77. The number of carbonyl (C=O) groups is 1. The molecular formula is C13H21N3O3S. The van der Waals surface area contributed by atoms with E-state index in [1.54, 1.807) is 38.1 Å². The Morgan fingerprint density at radius 3 is 2.35 bits per heavy atom. The minimum atomic E-state index is -3.33. The lowest BCUT2D eigenvalue weighted by molar-refractivity contribution is -0.122. The second kappa shape index (κ2) is 6.34. The first-order valence-electron chi connectivity index (χ1n) is 6.18. The lowest BCUT2D eigenvalue weighted by Crippen LogP contribution is -2.52. The van der Waals surface area contributed by atoms with Gasteiger partial charge in [0.25, 0.3) is 0 Å². The van der Waals surface area contributed by atoms with Crippen LogP contribution in [0.25, 0.3) is 0 Å². The predicted octanol–water partition coefficient (Wildman–Crippen LogP) is 0.130. The summed E-state index contributed by atoms with van der Waals surface area (Å²) in [5, 5.41) is 2.65. The zero-order valence-corrected chi connectivity index (χ0v) is 12.7. The van der Waals surface area contributed by atoms with Crippen LogP contribution in [-0.2, 0) is 14.8 Å². The third-order valence-electron chi connectivity index (χ3n) is 2.61. The molecule has 0 heterocycles. The summed E-state index contributed by atoms with van der Waals surface area (Å²) in [6.45, 7) is 3.52. The quantitative estimate of drug-likeness (QED) is 0.695. The lowest BCUT2D eigenvalue weighted by atomic mass is 10.1. The second-order valence-electron chi connectivity index (χ2n) is 5.36. The lowest BCUT2D eigenvalue weighted by Gasteiger charge is -2.26. The van der Waals surface area contributed by atoms with Gasteiger partial charge in [0.1, 0.15) is 6.04 Å². The van der Waals surface area contributed by atoms with Gasteiger partial charge in [0.2, 0.25) is 15.9 Å². The maximum atomic E-state index is 11.9. The minimum Gasteiger partial charge on any atom is -0.353 e. The van der Waals surface area contributed by atoms with E-state index in [9.17, 15) is 13.2 Å². The van der Waals surface area contributed by atoms with Gasteiger partial charge < -0.3 is 11.1 Å². The molecule has 4 N–H and O–H groups in total. The Labute approximate surface area is 119 Å². The molecule has 0 saturated carbocycles. The van der Waals surface area contributed by atoms with Crippen LogP contribution in [0.4, 0.5) is 0 Å². The number of amides is 1. The summed E-state index contributed by atoms with van der Waals surface area (Å²) in [4.78, 5) is 11.9. The number of nitrogens with one attached hydrogen (secondary N) is 2. The van der Waals surface area contributed by atoms with Crippen molar-refractivity contribution in [1.29, 1.82) is 0 Å². The van der Waals surface area contributed by atoms with Crippen molar-refractivity contribution >= 4 is 15.9 Å². The van der Waals surface area contributed by atoms with Crippen LogP contribution in [0.1, 0.15) is 25.5 Å². The first-order chi connectivity index (χ1) is 9.11. The molecule has 1 unspecified atom stereocenters. The van der Waals surface area contributed by atoms with Crippen LogP contribution < -0.4 is 15.8 Å². The molecule has 0 aliphatic heterocycles. The van der Waals surface area contributed by atoms with E-state index in [4.69, 9.17) is 5.73 Å². The maximum Gasteiger partial charge on any atom is 0.241 e. The van der Waals surface area contributed by atoms with Crippen molar-refractivity contribution in [3.8, 4) is 0 Å². The van der Waals surface area contributed by atoms with Gasteiger partial charge >= 0.3 is 0 Å². The molecule has 0 saturated heterocycles. The van der Waals surface area contributed by atoms with Crippen LogP contribution in [0.15, 0.2) is 30.3 Å². The van der Waals surface area contributed by atoms with E-state index >= 15 is 0 Å². The molecule has 0 spiro atoms. The molecule has 0 aromatic heterocycles. The van der Waals surface area contributed by atoms with Crippen molar-refractivity contribution in [2.24, 2.45) is 5.73 Å². The predicted molar refractivity (Wildman–Crippen MR) is 78.4 cm³/mol. The molecule has 0 bridgehead atoms. The van der Waals surface area contributed by atoms with Crippen LogP contribution in [0, 0.1) is 0 Å². The van der Waals surface area contributed by atoms with Crippen LogP contribution >= 0.6 is 0 Å². The summed E-state index contributed by atoms with van der Waals surface area (Å²) in [5.74, 6) is -0.348. The Morgan fingerprint density at radius 2 is 1.85 bits per heavy atom. The Hall–Kier alpha value is -1.44. The average molecular weight is 299 g/mol. The number of hydrogen-bond acceptors (Lipinski definition) is 4. The van der Waals surface area contributed by atoms with Crippen LogP contribution in [-0.4, -0.2) is 32.7 Å². The largest absolute Gasteiger partial charge is 0.353 e. The normalized spacial score (nSPS) is 13.8. The number of rotatable bonds is 6. The van der Waals surface area contributed by atoms with Crippen molar-refractivity contribution in [2.45, 2.75) is 25.4 Å². The number of sulfonamides is 1. The van der Waals surface area contributed by atoms with Crippen LogP contribution in [0.3, 0.4) is 0 Å². The summed E-state index contributed by atoms with van der Waals surface area (Å²) in [6, 6.07) is 8.21. The molecule has 1 rings (SSSR count). The fraction of sp³-hybridized carbons (Fsp3) is 0.462. The van der Waals surface area contributed by atoms with Gasteiger partial charge in [-0.3, -0.25) is 4.79 Å². The highest BCUT2D eigenvalue weighted by Crippen LogP contribution is 2.10. The van der Waals surface area contributed by atoms with Gasteiger partial charge in [-0.15, -0.1) is 0 Å². The third-order valence-corrected chi connectivity index (χ3v) is 3.53.